The van der Waals surface area contributed by atoms with E-state index in [1.807, 2.05) is 24.3 Å². The Morgan fingerprint density at radius 2 is 2.00 bits per heavy atom. The summed E-state index contributed by atoms with van der Waals surface area (Å²) in [5.41, 5.74) is 1.28. The highest BCUT2D eigenvalue weighted by Gasteiger charge is 2.23. The zero-order valence-corrected chi connectivity index (χ0v) is 9.46. The van der Waals surface area contributed by atoms with Crippen LogP contribution in [-0.4, -0.2) is 5.78 Å². The summed E-state index contributed by atoms with van der Waals surface area (Å²) < 4.78 is 0. The molecule has 0 aromatic heterocycles. The van der Waals surface area contributed by atoms with Gasteiger partial charge in [-0.2, -0.15) is 0 Å². The highest BCUT2D eigenvalue weighted by atomic mass is 35.5. The van der Waals surface area contributed by atoms with E-state index in [1.165, 1.54) is 5.56 Å². The molecule has 0 radical (unpaired) electrons. The number of benzene rings is 1. The number of Topliss-reactive ketones (excluding diaryl/α,β-unsaturated/α-hetero) is 1. The second kappa shape index (κ2) is 4.80. The van der Waals surface area contributed by atoms with Crippen molar-refractivity contribution in [1.29, 1.82) is 0 Å². The minimum Gasteiger partial charge on any atom is -0.299 e. The van der Waals surface area contributed by atoms with Crippen LogP contribution in [0.3, 0.4) is 0 Å². The van der Waals surface area contributed by atoms with E-state index in [9.17, 15) is 4.79 Å². The molecule has 2 rings (SSSR count). The maximum atomic E-state index is 11.4. The Morgan fingerprint density at radius 3 is 2.60 bits per heavy atom. The first kappa shape index (κ1) is 10.7. The largest absolute Gasteiger partial charge is 0.299 e. The lowest BCUT2D eigenvalue weighted by atomic mass is 9.97. The predicted octanol–water partition coefficient (Wildman–Crippen LogP) is 3.64. The molecule has 1 atom stereocenters. The fourth-order valence-electron chi connectivity index (χ4n) is 2.19. The van der Waals surface area contributed by atoms with Gasteiger partial charge in [-0.05, 0) is 43.4 Å². The van der Waals surface area contributed by atoms with Gasteiger partial charge >= 0.3 is 0 Å². The zero-order chi connectivity index (χ0) is 10.7. The third-order valence-electron chi connectivity index (χ3n) is 3.13. The van der Waals surface area contributed by atoms with Crippen LogP contribution in [0.15, 0.2) is 24.3 Å². The molecule has 1 aromatic rings. The van der Waals surface area contributed by atoms with Crippen LogP contribution in [0.4, 0.5) is 0 Å². The normalized spacial score (nSPS) is 20.9. The summed E-state index contributed by atoms with van der Waals surface area (Å²) in [6.07, 6.45) is 4.97. The van der Waals surface area contributed by atoms with Crippen LogP contribution in [-0.2, 0) is 11.2 Å². The van der Waals surface area contributed by atoms with Crippen LogP contribution in [0.2, 0.25) is 5.02 Å². The molecule has 1 aromatic carbocycles. The molecule has 1 saturated carbocycles. The second-order valence-corrected chi connectivity index (χ2v) is 4.66. The first-order valence-electron chi connectivity index (χ1n) is 5.53. The smallest absolute Gasteiger partial charge is 0.135 e. The fourth-order valence-corrected chi connectivity index (χ4v) is 2.31. The second-order valence-electron chi connectivity index (χ2n) is 4.22. The van der Waals surface area contributed by atoms with E-state index < -0.39 is 0 Å². The van der Waals surface area contributed by atoms with E-state index in [4.69, 9.17) is 11.6 Å². The molecule has 0 heterocycles. The van der Waals surface area contributed by atoms with Crippen LogP contribution >= 0.6 is 11.6 Å². The molecule has 0 amide bonds. The van der Waals surface area contributed by atoms with Gasteiger partial charge < -0.3 is 0 Å². The van der Waals surface area contributed by atoms with Crippen LogP contribution in [0.1, 0.15) is 31.2 Å². The van der Waals surface area contributed by atoms with Gasteiger partial charge in [0, 0.05) is 17.4 Å². The van der Waals surface area contributed by atoms with Crippen molar-refractivity contribution in [3.8, 4) is 0 Å². The Labute approximate surface area is 95.4 Å². The van der Waals surface area contributed by atoms with Crippen molar-refractivity contribution in [2.75, 3.05) is 0 Å². The number of carbonyl (C=O) groups excluding carboxylic acids is 1. The van der Waals surface area contributed by atoms with Gasteiger partial charge in [0.2, 0.25) is 0 Å². The highest BCUT2D eigenvalue weighted by molar-refractivity contribution is 6.30. The van der Waals surface area contributed by atoms with Gasteiger partial charge in [-0.25, -0.2) is 0 Å². The summed E-state index contributed by atoms with van der Waals surface area (Å²) in [5, 5.41) is 0.774. The number of ketones is 1. The molecular formula is C13H15ClO. The minimum absolute atomic E-state index is 0.320. The Kier molecular flexibility index (Phi) is 3.42. The van der Waals surface area contributed by atoms with Gasteiger partial charge in [0.15, 0.2) is 0 Å². The number of rotatable bonds is 3. The number of hydrogen-bond donors (Lipinski definition) is 0. The Hall–Kier alpha value is -0.820. The van der Waals surface area contributed by atoms with Crippen LogP contribution in [0.5, 0.6) is 0 Å². The monoisotopic (exact) mass is 222 g/mol. The molecule has 0 N–H and O–H groups in total. The maximum Gasteiger partial charge on any atom is 0.135 e. The van der Waals surface area contributed by atoms with E-state index in [1.54, 1.807) is 0 Å². The van der Waals surface area contributed by atoms with Crippen molar-refractivity contribution < 1.29 is 4.79 Å². The average Bonchev–Trinajstić information content (AvgIpc) is 2.63. The lowest BCUT2D eigenvalue weighted by molar-refractivity contribution is -0.120. The number of hydrogen-bond acceptors (Lipinski definition) is 1. The van der Waals surface area contributed by atoms with E-state index in [0.29, 0.717) is 11.7 Å². The molecule has 1 nitrogen and oxygen atoms in total. The summed E-state index contributed by atoms with van der Waals surface area (Å²) >= 11 is 5.81. The van der Waals surface area contributed by atoms with E-state index >= 15 is 0 Å². The van der Waals surface area contributed by atoms with Crippen LogP contribution in [0.25, 0.3) is 0 Å². The SMILES string of the molecule is O=C1CCCC1CCc1ccc(Cl)cc1. The summed E-state index contributed by atoms with van der Waals surface area (Å²) in [5.74, 6) is 0.782. The van der Waals surface area contributed by atoms with Gasteiger partial charge in [-0.1, -0.05) is 23.7 Å². The van der Waals surface area contributed by atoms with Gasteiger partial charge in [-0.3, -0.25) is 4.79 Å². The quantitative estimate of drug-likeness (QED) is 0.763. The molecule has 1 aliphatic rings. The van der Waals surface area contributed by atoms with Crippen molar-refractivity contribution in [1.82, 2.24) is 0 Å². The molecular weight excluding hydrogens is 208 g/mol. The predicted molar refractivity (Wildman–Crippen MR) is 62.1 cm³/mol. The topological polar surface area (TPSA) is 17.1 Å². The van der Waals surface area contributed by atoms with Crippen molar-refractivity contribution in [2.45, 2.75) is 32.1 Å². The van der Waals surface area contributed by atoms with E-state index in [0.717, 1.165) is 37.1 Å². The third kappa shape index (κ3) is 2.82. The minimum atomic E-state index is 0.320. The third-order valence-corrected chi connectivity index (χ3v) is 3.38. The van der Waals surface area contributed by atoms with Crippen LogP contribution < -0.4 is 0 Å². The van der Waals surface area contributed by atoms with Gasteiger partial charge in [0.05, 0.1) is 0 Å². The number of halogens is 1. The fraction of sp³-hybridized carbons (Fsp3) is 0.462. The summed E-state index contributed by atoms with van der Waals surface area (Å²) in [7, 11) is 0. The van der Waals surface area contributed by atoms with Gasteiger partial charge in [0.25, 0.3) is 0 Å². The zero-order valence-electron chi connectivity index (χ0n) is 8.71. The molecule has 0 aliphatic heterocycles. The Morgan fingerprint density at radius 1 is 1.27 bits per heavy atom. The summed E-state index contributed by atoms with van der Waals surface area (Å²) in [4.78, 5) is 11.4. The number of carbonyl (C=O) groups is 1. The molecule has 15 heavy (non-hydrogen) atoms. The molecule has 0 bridgehead atoms. The molecule has 2 heteroatoms. The average molecular weight is 223 g/mol. The molecule has 1 fully saturated rings. The summed E-state index contributed by atoms with van der Waals surface area (Å²) in [6.45, 7) is 0. The van der Waals surface area contributed by atoms with Crippen molar-refractivity contribution in [3.63, 3.8) is 0 Å². The standard InChI is InChI=1S/C13H15ClO/c14-12-8-5-10(6-9-12)4-7-11-2-1-3-13(11)15/h5-6,8-9,11H,1-4,7H2. The van der Waals surface area contributed by atoms with Crippen molar-refractivity contribution in [3.05, 3.63) is 34.9 Å². The van der Waals surface area contributed by atoms with E-state index in [2.05, 4.69) is 0 Å². The van der Waals surface area contributed by atoms with Gasteiger partial charge in [-0.15, -0.1) is 0 Å². The molecule has 0 saturated heterocycles. The molecule has 80 valence electrons. The van der Waals surface area contributed by atoms with Crippen LogP contribution in [0, 0.1) is 5.92 Å². The maximum absolute atomic E-state index is 11.4. The highest BCUT2D eigenvalue weighted by Crippen LogP contribution is 2.25. The lowest BCUT2D eigenvalue weighted by Crippen LogP contribution is -2.07. The first-order valence-corrected chi connectivity index (χ1v) is 5.90. The van der Waals surface area contributed by atoms with Gasteiger partial charge in [0.1, 0.15) is 5.78 Å². The van der Waals surface area contributed by atoms with Crippen molar-refractivity contribution in [2.24, 2.45) is 5.92 Å². The Bertz CT molecular complexity index is 342. The first-order chi connectivity index (χ1) is 7.25. The molecule has 1 aliphatic carbocycles. The Balaban J connectivity index is 1.87. The van der Waals surface area contributed by atoms with Crippen molar-refractivity contribution >= 4 is 17.4 Å². The lowest BCUT2D eigenvalue weighted by Gasteiger charge is -2.07. The summed E-state index contributed by atoms with van der Waals surface area (Å²) in [6, 6.07) is 7.91. The molecule has 1 unspecified atom stereocenters. The number of aryl methyl sites for hydroxylation is 1. The molecule has 0 spiro atoms. The van der Waals surface area contributed by atoms with E-state index in [-0.39, 0.29) is 0 Å².